The molecule has 2 amide bonds. The summed E-state index contributed by atoms with van der Waals surface area (Å²) in [6, 6.07) is 7.03. The van der Waals surface area contributed by atoms with Crippen molar-refractivity contribution in [3.63, 3.8) is 0 Å². The number of carbonyl (C=O) groups excluding carboxylic acids is 2. The van der Waals surface area contributed by atoms with Gasteiger partial charge in [0.25, 0.3) is 0 Å². The van der Waals surface area contributed by atoms with Gasteiger partial charge in [0, 0.05) is 12.6 Å². The third-order valence-electron chi connectivity index (χ3n) is 2.00. The van der Waals surface area contributed by atoms with E-state index >= 15 is 0 Å². The molecule has 2 N–H and O–H groups in total. The van der Waals surface area contributed by atoms with Gasteiger partial charge in [-0.2, -0.15) is 5.10 Å². The fraction of sp³-hybridized carbons (Fsp3) is 0.357. The van der Waals surface area contributed by atoms with Crippen LogP contribution in [0.5, 0.6) is 0 Å². The molecule has 0 spiro atoms. The van der Waals surface area contributed by atoms with E-state index in [9.17, 15) is 9.59 Å². The summed E-state index contributed by atoms with van der Waals surface area (Å²) in [5.74, 6) is -0.127. The minimum absolute atomic E-state index is 0.127. The lowest BCUT2D eigenvalue weighted by Gasteiger charge is -2.18. The molecule has 20 heavy (non-hydrogen) atoms. The number of anilines is 1. The second kappa shape index (κ2) is 6.70. The van der Waals surface area contributed by atoms with E-state index in [1.165, 1.54) is 13.1 Å². The molecule has 0 aliphatic carbocycles. The fourth-order valence-electron chi connectivity index (χ4n) is 1.32. The molecule has 6 heteroatoms. The topological polar surface area (TPSA) is 79.8 Å². The van der Waals surface area contributed by atoms with Crippen molar-refractivity contribution in [3.05, 3.63) is 29.8 Å². The Bertz CT molecular complexity index is 501. The van der Waals surface area contributed by atoms with Crippen LogP contribution in [0.15, 0.2) is 29.4 Å². The number of hydrogen-bond acceptors (Lipinski definition) is 4. The zero-order valence-corrected chi connectivity index (χ0v) is 12.1. The summed E-state index contributed by atoms with van der Waals surface area (Å²) in [4.78, 5) is 22.2. The van der Waals surface area contributed by atoms with Gasteiger partial charge in [-0.3, -0.25) is 4.79 Å². The van der Waals surface area contributed by atoms with Gasteiger partial charge in [-0.1, -0.05) is 12.1 Å². The SMILES string of the molecule is CC(=O)Nc1ccc(/C=N\NC(=O)OC(C)(C)C)cc1. The second-order valence-corrected chi connectivity index (χ2v) is 5.18. The number of nitrogens with zero attached hydrogens (tertiary/aromatic N) is 1. The van der Waals surface area contributed by atoms with E-state index in [2.05, 4.69) is 15.8 Å². The van der Waals surface area contributed by atoms with Gasteiger partial charge in [0.05, 0.1) is 6.21 Å². The molecule has 1 aromatic rings. The monoisotopic (exact) mass is 277 g/mol. The quantitative estimate of drug-likeness (QED) is 0.658. The third kappa shape index (κ3) is 6.53. The minimum atomic E-state index is -0.608. The molecule has 0 atom stereocenters. The van der Waals surface area contributed by atoms with Crippen LogP contribution in [0.4, 0.5) is 10.5 Å². The molecule has 0 aliphatic rings. The predicted molar refractivity (Wildman–Crippen MR) is 77.7 cm³/mol. The number of carbonyl (C=O) groups is 2. The van der Waals surface area contributed by atoms with Crippen LogP contribution in [-0.4, -0.2) is 23.8 Å². The third-order valence-corrected chi connectivity index (χ3v) is 2.00. The molecule has 0 bridgehead atoms. The smallest absolute Gasteiger partial charge is 0.428 e. The van der Waals surface area contributed by atoms with Crippen LogP contribution in [0, 0.1) is 0 Å². The van der Waals surface area contributed by atoms with Gasteiger partial charge in [-0.05, 0) is 38.5 Å². The van der Waals surface area contributed by atoms with Crippen molar-refractivity contribution in [2.24, 2.45) is 5.10 Å². The Balaban J connectivity index is 2.50. The number of rotatable bonds is 3. The summed E-state index contributed by atoms with van der Waals surface area (Å²) < 4.78 is 5.03. The van der Waals surface area contributed by atoms with E-state index in [-0.39, 0.29) is 5.91 Å². The van der Waals surface area contributed by atoms with Crippen LogP contribution < -0.4 is 10.7 Å². The van der Waals surface area contributed by atoms with Gasteiger partial charge in [0.15, 0.2) is 0 Å². The minimum Gasteiger partial charge on any atom is -0.443 e. The van der Waals surface area contributed by atoms with Crippen molar-refractivity contribution in [2.45, 2.75) is 33.3 Å². The molecular formula is C14H19N3O3. The van der Waals surface area contributed by atoms with Gasteiger partial charge in [-0.25, -0.2) is 10.2 Å². The summed E-state index contributed by atoms with van der Waals surface area (Å²) >= 11 is 0. The zero-order valence-electron chi connectivity index (χ0n) is 12.1. The first kappa shape index (κ1) is 15.7. The highest BCUT2D eigenvalue weighted by molar-refractivity contribution is 5.89. The van der Waals surface area contributed by atoms with Crippen LogP contribution in [-0.2, 0) is 9.53 Å². The van der Waals surface area contributed by atoms with Gasteiger partial charge >= 0.3 is 6.09 Å². The normalized spacial score (nSPS) is 11.2. The van der Waals surface area contributed by atoms with E-state index in [4.69, 9.17) is 4.74 Å². The van der Waals surface area contributed by atoms with E-state index in [0.717, 1.165) is 5.56 Å². The first-order valence-corrected chi connectivity index (χ1v) is 6.16. The van der Waals surface area contributed by atoms with Crippen molar-refractivity contribution >= 4 is 23.9 Å². The first-order chi connectivity index (χ1) is 9.26. The van der Waals surface area contributed by atoms with Crippen molar-refractivity contribution in [2.75, 3.05) is 5.32 Å². The lowest BCUT2D eigenvalue weighted by atomic mass is 10.2. The molecule has 0 unspecified atom stereocenters. The maximum absolute atomic E-state index is 11.3. The number of amides is 2. The molecule has 1 aromatic carbocycles. The standard InChI is InChI=1S/C14H19N3O3/c1-10(18)16-12-7-5-11(6-8-12)9-15-17-13(19)20-14(2,3)4/h5-9H,1-4H3,(H,16,18)(H,17,19)/b15-9-. The largest absolute Gasteiger partial charge is 0.443 e. The molecule has 0 heterocycles. The molecule has 0 saturated heterocycles. The van der Waals surface area contributed by atoms with E-state index in [0.29, 0.717) is 5.69 Å². The number of benzene rings is 1. The number of hydrazone groups is 1. The Kier molecular flexibility index (Phi) is 5.25. The average Bonchev–Trinajstić information content (AvgIpc) is 2.28. The highest BCUT2D eigenvalue weighted by atomic mass is 16.6. The Labute approximate surface area is 118 Å². The summed E-state index contributed by atoms with van der Waals surface area (Å²) in [6.45, 7) is 6.77. The molecule has 0 saturated carbocycles. The van der Waals surface area contributed by atoms with Crippen LogP contribution in [0.1, 0.15) is 33.3 Å². The summed E-state index contributed by atoms with van der Waals surface area (Å²) in [5, 5.41) is 6.44. The van der Waals surface area contributed by atoms with Gasteiger partial charge < -0.3 is 10.1 Å². The lowest BCUT2D eigenvalue weighted by molar-refractivity contribution is -0.114. The number of ether oxygens (including phenoxy) is 1. The van der Waals surface area contributed by atoms with Gasteiger partial charge in [0.2, 0.25) is 5.91 Å². The zero-order chi connectivity index (χ0) is 15.2. The Morgan fingerprint density at radius 2 is 1.80 bits per heavy atom. The number of hydrogen-bond donors (Lipinski definition) is 2. The van der Waals surface area contributed by atoms with Crippen molar-refractivity contribution in [1.29, 1.82) is 0 Å². The van der Waals surface area contributed by atoms with E-state index in [1.54, 1.807) is 45.0 Å². The fourth-order valence-corrected chi connectivity index (χ4v) is 1.32. The Morgan fingerprint density at radius 1 is 1.20 bits per heavy atom. The van der Waals surface area contributed by atoms with Gasteiger partial charge in [0.1, 0.15) is 5.60 Å². The number of nitrogens with one attached hydrogen (secondary N) is 2. The molecule has 1 rings (SSSR count). The van der Waals surface area contributed by atoms with Crippen LogP contribution >= 0.6 is 0 Å². The Hall–Kier alpha value is -2.37. The summed E-state index contributed by atoms with van der Waals surface area (Å²) in [7, 11) is 0. The van der Waals surface area contributed by atoms with Crippen molar-refractivity contribution in [3.8, 4) is 0 Å². The lowest BCUT2D eigenvalue weighted by Crippen LogP contribution is -2.29. The maximum Gasteiger partial charge on any atom is 0.428 e. The molecule has 0 aliphatic heterocycles. The average molecular weight is 277 g/mol. The molecular weight excluding hydrogens is 258 g/mol. The predicted octanol–water partition coefficient (Wildman–Crippen LogP) is 2.50. The summed E-state index contributed by atoms with van der Waals surface area (Å²) in [5.41, 5.74) is 3.21. The van der Waals surface area contributed by atoms with Crippen LogP contribution in [0.2, 0.25) is 0 Å². The van der Waals surface area contributed by atoms with E-state index < -0.39 is 11.7 Å². The van der Waals surface area contributed by atoms with Crippen LogP contribution in [0.25, 0.3) is 0 Å². The van der Waals surface area contributed by atoms with Crippen molar-refractivity contribution in [1.82, 2.24) is 5.43 Å². The van der Waals surface area contributed by atoms with E-state index in [1.807, 2.05) is 0 Å². The highest BCUT2D eigenvalue weighted by Crippen LogP contribution is 2.08. The second-order valence-electron chi connectivity index (χ2n) is 5.18. The maximum atomic E-state index is 11.3. The highest BCUT2D eigenvalue weighted by Gasteiger charge is 2.15. The molecule has 108 valence electrons. The van der Waals surface area contributed by atoms with Gasteiger partial charge in [-0.15, -0.1) is 0 Å². The molecule has 0 fully saturated rings. The Morgan fingerprint density at radius 3 is 2.30 bits per heavy atom. The molecule has 0 aromatic heterocycles. The molecule has 0 radical (unpaired) electrons. The first-order valence-electron chi connectivity index (χ1n) is 6.16. The van der Waals surface area contributed by atoms with Crippen LogP contribution in [0.3, 0.4) is 0 Å². The molecule has 6 nitrogen and oxygen atoms in total. The van der Waals surface area contributed by atoms with Crippen molar-refractivity contribution < 1.29 is 14.3 Å². The summed E-state index contributed by atoms with van der Waals surface area (Å²) in [6.07, 6.45) is 0.880.